The Hall–Kier alpha value is -2.75. The molecule has 0 aliphatic carbocycles. The van der Waals surface area contributed by atoms with E-state index in [4.69, 9.17) is 14.2 Å². The summed E-state index contributed by atoms with van der Waals surface area (Å²) in [6.07, 6.45) is 3.38. The van der Waals surface area contributed by atoms with Crippen LogP contribution in [-0.4, -0.2) is 12.3 Å². The van der Waals surface area contributed by atoms with E-state index in [0.29, 0.717) is 22.8 Å². The maximum atomic E-state index is 12.7. The van der Waals surface area contributed by atoms with E-state index in [0.717, 1.165) is 53.5 Å². The SMILES string of the molecule is C=C1Oc2cc(CCCCC)c3c(c2-c2cc(C)ccc21)OC(C)OC3=O. The molecule has 1 atom stereocenters. The topological polar surface area (TPSA) is 44.8 Å². The first-order valence-electron chi connectivity index (χ1n) is 9.55. The number of hydrogen-bond acceptors (Lipinski definition) is 4. The Labute approximate surface area is 159 Å². The highest BCUT2D eigenvalue weighted by Crippen LogP contribution is 2.51. The molecular weight excluding hydrogens is 340 g/mol. The van der Waals surface area contributed by atoms with Crippen LogP contribution in [0.1, 0.15) is 60.2 Å². The molecule has 2 aromatic carbocycles. The molecule has 4 rings (SSSR count). The van der Waals surface area contributed by atoms with Crippen molar-refractivity contribution in [1.82, 2.24) is 0 Å². The van der Waals surface area contributed by atoms with Crippen molar-refractivity contribution in [3.05, 3.63) is 53.1 Å². The highest BCUT2D eigenvalue weighted by molar-refractivity contribution is 6.01. The lowest BCUT2D eigenvalue weighted by molar-refractivity contribution is -0.0488. The van der Waals surface area contributed by atoms with Crippen LogP contribution in [-0.2, 0) is 11.2 Å². The van der Waals surface area contributed by atoms with Gasteiger partial charge in [0, 0.05) is 18.1 Å². The van der Waals surface area contributed by atoms with Crippen LogP contribution in [0.25, 0.3) is 16.9 Å². The Kier molecular flexibility index (Phi) is 4.42. The fourth-order valence-corrected chi connectivity index (χ4v) is 3.82. The fourth-order valence-electron chi connectivity index (χ4n) is 3.82. The highest BCUT2D eigenvalue weighted by Gasteiger charge is 2.35. The number of cyclic esters (lactones) is 1. The van der Waals surface area contributed by atoms with Gasteiger partial charge in [-0.15, -0.1) is 0 Å². The predicted molar refractivity (Wildman–Crippen MR) is 105 cm³/mol. The van der Waals surface area contributed by atoms with Gasteiger partial charge in [-0.25, -0.2) is 4.79 Å². The number of ether oxygens (including phenoxy) is 3. The predicted octanol–water partition coefficient (Wildman–Crippen LogP) is 5.65. The zero-order valence-corrected chi connectivity index (χ0v) is 16.1. The van der Waals surface area contributed by atoms with Crippen LogP contribution in [0.5, 0.6) is 11.5 Å². The molecule has 4 heteroatoms. The smallest absolute Gasteiger partial charge is 0.345 e. The van der Waals surface area contributed by atoms with Gasteiger partial charge in [0.05, 0.1) is 5.56 Å². The summed E-state index contributed by atoms with van der Waals surface area (Å²) in [5, 5.41) is 0. The summed E-state index contributed by atoms with van der Waals surface area (Å²) in [4.78, 5) is 12.7. The van der Waals surface area contributed by atoms with Crippen molar-refractivity contribution in [2.45, 2.75) is 52.7 Å². The van der Waals surface area contributed by atoms with E-state index in [-0.39, 0.29) is 5.97 Å². The summed E-state index contributed by atoms with van der Waals surface area (Å²) in [5.74, 6) is 1.56. The maximum Gasteiger partial charge on any atom is 0.345 e. The lowest BCUT2D eigenvalue weighted by Crippen LogP contribution is -2.29. The average Bonchev–Trinajstić information content (AvgIpc) is 2.60. The number of carbonyl (C=O) groups is 1. The summed E-state index contributed by atoms with van der Waals surface area (Å²) < 4.78 is 17.4. The van der Waals surface area contributed by atoms with Gasteiger partial charge in [-0.2, -0.15) is 0 Å². The zero-order valence-electron chi connectivity index (χ0n) is 16.1. The maximum absolute atomic E-state index is 12.7. The normalized spacial score (nSPS) is 17.2. The van der Waals surface area contributed by atoms with Crippen LogP contribution in [0.4, 0.5) is 0 Å². The second-order valence-electron chi connectivity index (χ2n) is 7.24. The summed E-state index contributed by atoms with van der Waals surface area (Å²) >= 11 is 0. The minimum absolute atomic E-state index is 0.323. The van der Waals surface area contributed by atoms with Crippen LogP contribution in [0.15, 0.2) is 30.8 Å². The minimum atomic E-state index is -0.627. The van der Waals surface area contributed by atoms with Crippen molar-refractivity contribution < 1.29 is 19.0 Å². The molecule has 4 nitrogen and oxygen atoms in total. The molecule has 2 aliphatic rings. The Balaban J connectivity index is 1.95. The van der Waals surface area contributed by atoms with Crippen LogP contribution in [0.2, 0.25) is 0 Å². The number of fused-ring (bicyclic) bond motifs is 5. The monoisotopic (exact) mass is 364 g/mol. The van der Waals surface area contributed by atoms with E-state index in [1.165, 1.54) is 0 Å². The van der Waals surface area contributed by atoms with E-state index >= 15 is 0 Å². The van der Waals surface area contributed by atoms with Gasteiger partial charge in [-0.1, -0.05) is 50.1 Å². The zero-order chi connectivity index (χ0) is 19.1. The van der Waals surface area contributed by atoms with Crippen molar-refractivity contribution in [3.8, 4) is 22.6 Å². The van der Waals surface area contributed by atoms with Crippen LogP contribution >= 0.6 is 0 Å². The number of benzene rings is 2. The molecule has 2 heterocycles. The quantitative estimate of drug-likeness (QED) is 0.519. The molecule has 0 N–H and O–H groups in total. The summed E-state index contributed by atoms with van der Waals surface area (Å²) in [7, 11) is 0. The minimum Gasteiger partial charge on any atom is -0.457 e. The van der Waals surface area contributed by atoms with Crippen LogP contribution in [0.3, 0.4) is 0 Å². The first kappa shape index (κ1) is 17.7. The second kappa shape index (κ2) is 6.76. The number of hydrogen-bond donors (Lipinski definition) is 0. The van der Waals surface area contributed by atoms with E-state index in [1.54, 1.807) is 6.92 Å². The molecule has 0 radical (unpaired) electrons. The number of esters is 1. The van der Waals surface area contributed by atoms with Crippen molar-refractivity contribution in [2.75, 3.05) is 0 Å². The van der Waals surface area contributed by atoms with Crippen molar-refractivity contribution in [3.63, 3.8) is 0 Å². The Bertz CT molecular complexity index is 942. The third kappa shape index (κ3) is 2.99. The molecule has 2 aromatic rings. The number of unbranched alkanes of at least 4 members (excludes halogenated alkanes) is 2. The van der Waals surface area contributed by atoms with Gasteiger partial charge in [0.15, 0.2) is 0 Å². The highest BCUT2D eigenvalue weighted by atomic mass is 16.7. The molecule has 0 aromatic heterocycles. The fraction of sp³-hybridized carbons (Fsp3) is 0.348. The van der Waals surface area contributed by atoms with Gasteiger partial charge in [0.2, 0.25) is 6.29 Å². The van der Waals surface area contributed by atoms with Crippen LogP contribution in [0, 0.1) is 6.92 Å². The molecule has 2 aliphatic heterocycles. The third-order valence-electron chi connectivity index (χ3n) is 5.12. The Morgan fingerprint density at radius 2 is 1.89 bits per heavy atom. The van der Waals surface area contributed by atoms with Gasteiger partial charge in [-0.05, 0) is 31.4 Å². The Morgan fingerprint density at radius 1 is 1.07 bits per heavy atom. The molecule has 0 saturated carbocycles. The van der Waals surface area contributed by atoms with Crippen molar-refractivity contribution >= 4 is 11.7 Å². The molecular formula is C23H24O4. The molecule has 0 saturated heterocycles. The molecule has 27 heavy (non-hydrogen) atoms. The molecule has 0 fully saturated rings. The molecule has 0 spiro atoms. The standard InChI is InChI=1S/C23H24O4/c1-5-6-7-8-16-12-19-21(22-20(16)23(24)27-15(4)26-22)18-11-13(2)9-10-17(18)14(3)25-19/h9-12,15H,3,5-8H2,1-2,4H3. The van der Waals surface area contributed by atoms with Gasteiger partial charge >= 0.3 is 5.97 Å². The largest absolute Gasteiger partial charge is 0.457 e. The number of aryl methyl sites for hydroxylation is 2. The second-order valence-corrected chi connectivity index (χ2v) is 7.24. The lowest BCUT2D eigenvalue weighted by atomic mass is 9.88. The first-order valence-corrected chi connectivity index (χ1v) is 9.55. The third-order valence-corrected chi connectivity index (χ3v) is 5.12. The van der Waals surface area contributed by atoms with Crippen molar-refractivity contribution in [2.24, 2.45) is 0 Å². The van der Waals surface area contributed by atoms with Crippen LogP contribution < -0.4 is 9.47 Å². The molecule has 0 bridgehead atoms. The first-order chi connectivity index (χ1) is 13.0. The summed E-state index contributed by atoms with van der Waals surface area (Å²) in [6.45, 7) is 10.0. The molecule has 140 valence electrons. The number of carbonyl (C=O) groups excluding carboxylic acids is 1. The average molecular weight is 364 g/mol. The van der Waals surface area contributed by atoms with Gasteiger partial charge in [-0.3, -0.25) is 0 Å². The van der Waals surface area contributed by atoms with Gasteiger partial charge < -0.3 is 14.2 Å². The van der Waals surface area contributed by atoms with Gasteiger partial charge in [0.25, 0.3) is 0 Å². The Morgan fingerprint density at radius 3 is 2.67 bits per heavy atom. The van der Waals surface area contributed by atoms with Gasteiger partial charge in [0.1, 0.15) is 22.8 Å². The molecule has 0 amide bonds. The lowest BCUT2D eigenvalue weighted by Gasteiger charge is -2.31. The molecule has 1 unspecified atom stereocenters. The van der Waals surface area contributed by atoms with E-state index in [2.05, 4.69) is 19.6 Å². The van der Waals surface area contributed by atoms with E-state index in [1.807, 2.05) is 25.1 Å². The van der Waals surface area contributed by atoms with E-state index < -0.39 is 6.29 Å². The van der Waals surface area contributed by atoms with E-state index in [9.17, 15) is 4.79 Å². The summed E-state index contributed by atoms with van der Waals surface area (Å²) in [5.41, 5.74) is 5.30. The number of rotatable bonds is 4. The summed E-state index contributed by atoms with van der Waals surface area (Å²) in [6, 6.07) is 8.08. The van der Waals surface area contributed by atoms with Crippen molar-refractivity contribution in [1.29, 1.82) is 0 Å².